The molecule has 2 heterocycles. The monoisotopic (exact) mass is 542 g/mol. The lowest BCUT2D eigenvalue weighted by Crippen LogP contribution is -2.47. The lowest BCUT2D eigenvalue weighted by molar-refractivity contribution is 0.0773. The van der Waals surface area contributed by atoms with Crippen molar-refractivity contribution in [2.75, 3.05) is 43.8 Å². The first kappa shape index (κ1) is 23.1. The van der Waals surface area contributed by atoms with Crippen molar-refractivity contribution in [3.05, 3.63) is 77.5 Å². The van der Waals surface area contributed by atoms with Crippen LogP contribution in [0.1, 0.15) is 41.4 Å². The Hall–Kier alpha value is -2.03. The molecule has 1 fully saturated rings. The molecule has 0 saturated carbocycles. The molecule has 1 unspecified atom stereocenters. The number of alkyl halides is 1. The van der Waals surface area contributed by atoms with E-state index >= 15 is 0 Å². The molecule has 1 amide bonds. The first-order valence-electron chi connectivity index (χ1n) is 11.4. The Bertz CT molecular complexity index is 1040. The largest absolute Gasteiger partial charge is 0.339 e. The zero-order valence-corrected chi connectivity index (χ0v) is 21.0. The number of carbonyl (C=O) groups is 1. The summed E-state index contributed by atoms with van der Waals surface area (Å²) in [5, 5.41) is 1.16. The van der Waals surface area contributed by atoms with Crippen molar-refractivity contribution in [2.45, 2.75) is 19.9 Å². The number of carbonyl (C=O) groups excluding carboxylic acids is 1. The van der Waals surface area contributed by atoms with E-state index in [4.69, 9.17) is 4.98 Å². The van der Waals surface area contributed by atoms with Gasteiger partial charge in [0.1, 0.15) is 0 Å². The van der Waals surface area contributed by atoms with Crippen LogP contribution in [-0.4, -0.2) is 69.4 Å². The maximum Gasteiger partial charge on any atom is 0.253 e. The maximum absolute atomic E-state index is 12.8. The van der Waals surface area contributed by atoms with Crippen molar-refractivity contribution in [1.29, 1.82) is 0 Å². The van der Waals surface area contributed by atoms with E-state index in [0.29, 0.717) is 0 Å². The molecule has 1 atom stereocenters. The normalized spacial score (nSPS) is 16.2. The molecule has 1 aliphatic heterocycles. The highest BCUT2D eigenvalue weighted by Gasteiger charge is 2.28. The number of hydrogen-bond acceptors (Lipinski definition) is 4. The van der Waals surface area contributed by atoms with E-state index < -0.39 is 0 Å². The van der Waals surface area contributed by atoms with Gasteiger partial charge in [0, 0.05) is 62.0 Å². The third kappa shape index (κ3) is 4.82. The Morgan fingerprint density at radius 2 is 1.69 bits per heavy atom. The summed E-state index contributed by atoms with van der Waals surface area (Å²) in [5.74, 6) is 0.0978. The predicted octanol–water partition coefficient (Wildman–Crippen LogP) is 4.82. The first-order chi connectivity index (χ1) is 15.7. The van der Waals surface area contributed by atoms with Crippen LogP contribution in [0.15, 0.2) is 60.8 Å². The molecule has 1 aromatic heterocycles. The standard InChI is InChI=1S/C26H31IN4O/c1-3-30(4-2)26(32)22-12-10-21(11-13-22)25(31-17-15-29(19-27)16-18-31)23-9-5-7-20-8-6-14-28-24(20)23/h5-14,25H,3-4,15-19H2,1-2H3. The van der Waals surface area contributed by atoms with Crippen LogP contribution in [0.3, 0.4) is 0 Å². The second kappa shape index (κ2) is 10.7. The summed E-state index contributed by atoms with van der Waals surface area (Å²) in [7, 11) is 0. The topological polar surface area (TPSA) is 39.7 Å². The smallest absolute Gasteiger partial charge is 0.253 e. The minimum absolute atomic E-state index is 0.0978. The van der Waals surface area contributed by atoms with Gasteiger partial charge in [-0.3, -0.25) is 19.6 Å². The maximum atomic E-state index is 12.8. The van der Waals surface area contributed by atoms with Crippen molar-refractivity contribution in [3.63, 3.8) is 0 Å². The van der Waals surface area contributed by atoms with Gasteiger partial charge in [0.25, 0.3) is 5.91 Å². The van der Waals surface area contributed by atoms with Gasteiger partial charge in [-0.15, -0.1) is 0 Å². The number of para-hydroxylation sites is 1. The predicted molar refractivity (Wildman–Crippen MR) is 139 cm³/mol. The summed E-state index contributed by atoms with van der Waals surface area (Å²) >= 11 is 2.45. The zero-order chi connectivity index (χ0) is 22.5. The summed E-state index contributed by atoms with van der Waals surface area (Å²) in [4.78, 5) is 24.5. The van der Waals surface area contributed by atoms with Gasteiger partial charge in [-0.2, -0.15) is 0 Å². The molecular weight excluding hydrogens is 511 g/mol. The number of pyridine rings is 1. The molecule has 3 aromatic rings. The van der Waals surface area contributed by atoms with E-state index in [1.807, 2.05) is 43.1 Å². The van der Waals surface area contributed by atoms with Gasteiger partial charge in [0.05, 0.1) is 16.1 Å². The lowest BCUT2D eigenvalue weighted by atomic mass is 9.93. The molecule has 2 aromatic carbocycles. The number of amides is 1. The highest BCUT2D eigenvalue weighted by molar-refractivity contribution is 14.1. The molecule has 0 N–H and O–H groups in total. The molecule has 0 bridgehead atoms. The molecule has 1 saturated heterocycles. The van der Waals surface area contributed by atoms with Gasteiger partial charge in [0.15, 0.2) is 0 Å². The zero-order valence-electron chi connectivity index (χ0n) is 18.9. The van der Waals surface area contributed by atoms with Gasteiger partial charge in [-0.05, 0) is 37.6 Å². The number of halogens is 1. The summed E-state index contributed by atoms with van der Waals surface area (Å²) in [6, 6.07) is 18.9. The fourth-order valence-corrected chi connectivity index (χ4v) is 5.26. The van der Waals surface area contributed by atoms with E-state index in [0.717, 1.165) is 60.3 Å². The summed E-state index contributed by atoms with van der Waals surface area (Å²) in [5.41, 5.74) is 4.25. The SMILES string of the molecule is CCN(CC)C(=O)c1ccc(C(c2cccc3cccnc23)N2CCN(CI)CC2)cc1. The van der Waals surface area contributed by atoms with Gasteiger partial charge in [0.2, 0.25) is 0 Å². The van der Waals surface area contributed by atoms with Crippen LogP contribution in [0.4, 0.5) is 0 Å². The van der Waals surface area contributed by atoms with E-state index in [1.165, 1.54) is 11.1 Å². The number of piperazine rings is 1. The average Bonchev–Trinajstić information content (AvgIpc) is 2.86. The van der Waals surface area contributed by atoms with Crippen LogP contribution < -0.4 is 0 Å². The lowest BCUT2D eigenvalue weighted by Gasteiger charge is -2.39. The number of benzene rings is 2. The quantitative estimate of drug-likeness (QED) is 0.244. The third-order valence-electron chi connectivity index (χ3n) is 6.42. The number of nitrogens with zero attached hydrogens (tertiary/aromatic N) is 4. The van der Waals surface area contributed by atoms with Crippen LogP contribution in [0.25, 0.3) is 10.9 Å². The van der Waals surface area contributed by atoms with E-state index in [2.05, 4.69) is 68.8 Å². The van der Waals surface area contributed by atoms with Crippen molar-refractivity contribution in [1.82, 2.24) is 19.7 Å². The fraction of sp³-hybridized carbons (Fsp3) is 0.385. The van der Waals surface area contributed by atoms with Crippen molar-refractivity contribution >= 4 is 39.4 Å². The Labute approximate surface area is 204 Å². The second-order valence-corrected chi connectivity index (χ2v) is 8.88. The molecule has 0 aliphatic carbocycles. The fourth-order valence-electron chi connectivity index (χ4n) is 4.58. The summed E-state index contributed by atoms with van der Waals surface area (Å²) in [6.45, 7) is 9.65. The average molecular weight is 542 g/mol. The molecule has 5 nitrogen and oxygen atoms in total. The molecule has 168 valence electrons. The molecule has 1 aliphatic rings. The van der Waals surface area contributed by atoms with Gasteiger partial charge in [-0.25, -0.2) is 0 Å². The Morgan fingerprint density at radius 1 is 1.00 bits per heavy atom. The Balaban J connectivity index is 1.72. The molecule has 6 heteroatoms. The van der Waals surface area contributed by atoms with E-state index in [9.17, 15) is 4.79 Å². The highest BCUT2D eigenvalue weighted by atomic mass is 127. The number of fused-ring (bicyclic) bond motifs is 1. The van der Waals surface area contributed by atoms with Gasteiger partial charge in [-0.1, -0.05) is 59.0 Å². The van der Waals surface area contributed by atoms with Crippen molar-refractivity contribution in [2.24, 2.45) is 0 Å². The Morgan fingerprint density at radius 3 is 2.34 bits per heavy atom. The molecule has 0 radical (unpaired) electrons. The number of hydrogen-bond donors (Lipinski definition) is 0. The number of rotatable bonds is 7. The third-order valence-corrected chi connectivity index (χ3v) is 7.39. The molecular formula is C26H31IN4O. The van der Waals surface area contributed by atoms with Gasteiger partial charge < -0.3 is 4.90 Å². The minimum Gasteiger partial charge on any atom is -0.339 e. The van der Waals surface area contributed by atoms with E-state index in [-0.39, 0.29) is 11.9 Å². The number of aromatic nitrogens is 1. The first-order valence-corrected chi connectivity index (χ1v) is 12.9. The summed E-state index contributed by atoms with van der Waals surface area (Å²) < 4.78 is 1.06. The summed E-state index contributed by atoms with van der Waals surface area (Å²) in [6.07, 6.45) is 1.88. The minimum atomic E-state index is 0.0978. The van der Waals surface area contributed by atoms with Crippen molar-refractivity contribution < 1.29 is 4.79 Å². The second-order valence-electron chi connectivity index (χ2n) is 8.20. The van der Waals surface area contributed by atoms with Crippen molar-refractivity contribution in [3.8, 4) is 0 Å². The molecule has 0 spiro atoms. The Kier molecular flexibility index (Phi) is 7.75. The van der Waals surface area contributed by atoms with Crippen LogP contribution >= 0.6 is 22.6 Å². The molecule has 32 heavy (non-hydrogen) atoms. The van der Waals surface area contributed by atoms with Crippen LogP contribution in [0.2, 0.25) is 0 Å². The van der Waals surface area contributed by atoms with Crippen LogP contribution in [0, 0.1) is 0 Å². The van der Waals surface area contributed by atoms with Crippen LogP contribution in [0.5, 0.6) is 0 Å². The highest BCUT2D eigenvalue weighted by Crippen LogP contribution is 2.33. The van der Waals surface area contributed by atoms with E-state index in [1.54, 1.807) is 0 Å². The molecule has 4 rings (SSSR count). The van der Waals surface area contributed by atoms with Crippen LogP contribution in [-0.2, 0) is 0 Å². The van der Waals surface area contributed by atoms with Gasteiger partial charge >= 0.3 is 0 Å².